The number of amides is 1. The van der Waals surface area contributed by atoms with E-state index in [2.05, 4.69) is 5.32 Å². The number of hydrogen-bond donors (Lipinski definition) is 3. The Morgan fingerprint density at radius 1 is 1.03 bits per heavy atom. The van der Waals surface area contributed by atoms with Crippen molar-refractivity contribution < 1.29 is 34.0 Å². The fourth-order valence-electron chi connectivity index (χ4n) is 3.93. The molecule has 2 aromatic rings. The van der Waals surface area contributed by atoms with Gasteiger partial charge in [0.2, 0.25) is 0 Å². The highest BCUT2D eigenvalue weighted by atomic mass is 16.6. The number of hydrogen-bond acceptors (Lipinski definition) is 7. The first kappa shape index (κ1) is 29.0. The number of carbonyl (C=O) groups excluding carboxylic acids is 2. The van der Waals surface area contributed by atoms with E-state index in [4.69, 9.17) is 14.2 Å². The van der Waals surface area contributed by atoms with Crippen LogP contribution in [0.1, 0.15) is 63.3 Å². The minimum atomic E-state index is -1.06. The fourth-order valence-corrected chi connectivity index (χ4v) is 3.93. The molecular weight excluding hydrogens is 462 g/mol. The van der Waals surface area contributed by atoms with Crippen LogP contribution in [0.4, 0.5) is 4.79 Å². The molecule has 0 aliphatic rings. The topological polar surface area (TPSA) is 114 Å². The Labute approximate surface area is 213 Å². The van der Waals surface area contributed by atoms with Gasteiger partial charge < -0.3 is 29.7 Å². The summed E-state index contributed by atoms with van der Waals surface area (Å²) in [6, 6.07) is 9.93. The van der Waals surface area contributed by atoms with E-state index in [1.54, 1.807) is 34.6 Å². The van der Waals surface area contributed by atoms with Crippen LogP contribution in [0, 0.1) is 13.8 Å². The van der Waals surface area contributed by atoms with Crippen molar-refractivity contribution in [3.8, 4) is 11.5 Å². The molecule has 0 aliphatic heterocycles. The van der Waals surface area contributed by atoms with E-state index in [1.807, 2.05) is 44.2 Å². The van der Waals surface area contributed by atoms with Crippen molar-refractivity contribution in [2.45, 2.75) is 78.6 Å². The third-order valence-corrected chi connectivity index (χ3v) is 5.73. The minimum absolute atomic E-state index is 0.0323. The summed E-state index contributed by atoms with van der Waals surface area (Å²) in [5.41, 5.74) is 1.37. The molecule has 0 saturated heterocycles. The SMILES string of the molecule is Cc1cc(O)c(C(C)(C)CCOC(=O)[C@H](COCc2ccccc2)NC(=O)OC(C)(C)C)c(C)c1O. The van der Waals surface area contributed by atoms with Crippen LogP contribution in [0.3, 0.4) is 0 Å². The van der Waals surface area contributed by atoms with E-state index in [-0.39, 0.29) is 31.3 Å². The van der Waals surface area contributed by atoms with Gasteiger partial charge in [-0.25, -0.2) is 9.59 Å². The summed E-state index contributed by atoms with van der Waals surface area (Å²) in [7, 11) is 0. The van der Waals surface area contributed by atoms with Crippen LogP contribution in [-0.4, -0.2) is 47.1 Å². The molecule has 8 nitrogen and oxygen atoms in total. The quantitative estimate of drug-likeness (QED) is 0.309. The largest absolute Gasteiger partial charge is 0.508 e. The van der Waals surface area contributed by atoms with Crippen molar-refractivity contribution in [2.75, 3.05) is 13.2 Å². The van der Waals surface area contributed by atoms with Gasteiger partial charge in [0.05, 0.1) is 19.8 Å². The zero-order valence-corrected chi connectivity index (χ0v) is 22.3. The van der Waals surface area contributed by atoms with Crippen LogP contribution in [0.5, 0.6) is 11.5 Å². The summed E-state index contributed by atoms with van der Waals surface area (Å²) < 4.78 is 16.5. The first-order valence-electron chi connectivity index (χ1n) is 12.0. The second kappa shape index (κ2) is 12.1. The molecule has 0 aliphatic carbocycles. The summed E-state index contributed by atoms with van der Waals surface area (Å²) in [4.78, 5) is 25.2. The molecule has 0 spiro atoms. The number of aryl methyl sites for hydroxylation is 1. The third-order valence-electron chi connectivity index (χ3n) is 5.73. The molecule has 8 heteroatoms. The predicted octanol–water partition coefficient (Wildman–Crippen LogP) is 5.04. The lowest BCUT2D eigenvalue weighted by atomic mass is 9.78. The number of alkyl carbamates (subject to hydrolysis) is 1. The van der Waals surface area contributed by atoms with Gasteiger partial charge in [-0.2, -0.15) is 0 Å². The predicted molar refractivity (Wildman–Crippen MR) is 137 cm³/mol. The standard InChI is InChI=1S/C28H39NO7/c1-18-15-22(30)23(19(2)24(18)31)28(6,7)13-14-35-25(32)21(29-26(33)36-27(3,4)5)17-34-16-20-11-9-8-10-12-20/h8-12,15,21,30-31H,13-14,16-17H2,1-7H3,(H,29,33)/t21-/m0/s1. The number of ether oxygens (including phenoxy) is 3. The van der Waals surface area contributed by atoms with Crippen LogP contribution in [0.25, 0.3) is 0 Å². The van der Waals surface area contributed by atoms with Crippen LogP contribution >= 0.6 is 0 Å². The number of aromatic hydroxyl groups is 2. The number of rotatable bonds is 10. The molecule has 0 aromatic heterocycles. The molecule has 0 bridgehead atoms. The van der Waals surface area contributed by atoms with Gasteiger partial charge >= 0.3 is 12.1 Å². The Bertz CT molecular complexity index is 1040. The summed E-state index contributed by atoms with van der Waals surface area (Å²) >= 11 is 0. The van der Waals surface area contributed by atoms with Gasteiger partial charge in [0.25, 0.3) is 0 Å². The van der Waals surface area contributed by atoms with Crippen LogP contribution < -0.4 is 5.32 Å². The Balaban J connectivity index is 2.04. The zero-order chi connectivity index (χ0) is 27.1. The summed E-state index contributed by atoms with van der Waals surface area (Å²) in [5.74, 6) is -0.444. The van der Waals surface area contributed by atoms with Crippen molar-refractivity contribution in [3.05, 3.63) is 58.7 Å². The van der Waals surface area contributed by atoms with E-state index < -0.39 is 29.1 Å². The van der Waals surface area contributed by atoms with Crippen molar-refractivity contribution in [1.82, 2.24) is 5.32 Å². The van der Waals surface area contributed by atoms with Crippen molar-refractivity contribution in [1.29, 1.82) is 0 Å². The van der Waals surface area contributed by atoms with Gasteiger partial charge in [0.1, 0.15) is 17.1 Å². The van der Waals surface area contributed by atoms with Crippen LogP contribution in [0.15, 0.2) is 36.4 Å². The second-order valence-electron chi connectivity index (χ2n) is 10.6. The molecule has 2 rings (SSSR count). The fraction of sp³-hybridized carbons (Fsp3) is 0.500. The molecule has 36 heavy (non-hydrogen) atoms. The summed E-state index contributed by atoms with van der Waals surface area (Å²) in [6.45, 7) is 12.7. The highest BCUT2D eigenvalue weighted by molar-refractivity contribution is 5.81. The molecule has 2 aromatic carbocycles. The number of carbonyl (C=O) groups is 2. The maximum atomic E-state index is 12.9. The molecule has 0 fully saturated rings. The van der Waals surface area contributed by atoms with Gasteiger partial charge in [-0.15, -0.1) is 0 Å². The number of benzene rings is 2. The van der Waals surface area contributed by atoms with Gasteiger partial charge in [0.15, 0.2) is 6.04 Å². The lowest BCUT2D eigenvalue weighted by Crippen LogP contribution is -2.47. The third kappa shape index (κ3) is 8.45. The molecule has 1 atom stereocenters. The minimum Gasteiger partial charge on any atom is -0.508 e. The normalized spacial score (nSPS) is 12.6. The summed E-state index contributed by atoms with van der Waals surface area (Å²) in [5, 5.41) is 23.4. The van der Waals surface area contributed by atoms with Gasteiger partial charge in [-0.05, 0) is 69.2 Å². The van der Waals surface area contributed by atoms with Gasteiger partial charge in [-0.1, -0.05) is 44.2 Å². The average Bonchev–Trinajstić information content (AvgIpc) is 2.76. The van der Waals surface area contributed by atoms with Crippen molar-refractivity contribution in [3.63, 3.8) is 0 Å². The first-order chi connectivity index (χ1) is 16.7. The molecule has 1 amide bonds. The maximum absolute atomic E-state index is 12.9. The maximum Gasteiger partial charge on any atom is 0.408 e. The van der Waals surface area contributed by atoms with E-state index in [1.165, 1.54) is 6.07 Å². The van der Waals surface area contributed by atoms with E-state index >= 15 is 0 Å². The zero-order valence-electron chi connectivity index (χ0n) is 22.3. The monoisotopic (exact) mass is 501 g/mol. The first-order valence-corrected chi connectivity index (χ1v) is 12.0. The lowest BCUT2D eigenvalue weighted by Gasteiger charge is -2.29. The number of esters is 1. The molecule has 0 unspecified atom stereocenters. The van der Waals surface area contributed by atoms with Gasteiger partial charge in [0, 0.05) is 5.56 Å². The number of phenols is 2. The van der Waals surface area contributed by atoms with Crippen molar-refractivity contribution >= 4 is 12.1 Å². The van der Waals surface area contributed by atoms with Crippen LogP contribution in [0.2, 0.25) is 0 Å². The number of nitrogens with one attached hydrogen (secondary N) is 1. The molecule has 0 heterocycles. The molecular formula is C28H39NO7. The summed E-state index contributed by atoms with van der Waals surface area (Å²) in [6.07, 6.45) is -0.372. The highest BCUT2D eigenvalue weighted by Crippen LogP contribution is 2.41. The molecule has 0 saturated carbocycles. The highest BCUT2D eigenvalue weighted by Gasteiger charge is 2.30. The van der Waals surface area contributed by atoms with E-state index in [0.29, 0.717) is 23.1 Å². The number of phenolic OH excluding ortho intramolecular Hbond substituents is 2. The smallest absolute Gasteiger partial charge is 0.408 e. The molecule has 198 valence electrons. The Hall–Kier alpha value is -3.26. The van der Waals surface area contributed by atoms with E-state index in [9.17, 15) is 19.8 Å². The lowest BCUT2D eigenvalue weighted by molar-refractivity contribution is -0.148. The average molecular weight is 502 g/mol. The Morgan fingerprint density at radius 3 is 2.28 bits per heavy atom. The van der Waals surface area contributed by atoms with Crippen molar-refractivity contribution in [2.24, 2.45) is 0 Å². The van der Waals surface area contributed by atoms with Crippen LogP contribution in [-0.2, 0) is 31.0 Å². The second-order valence-corrected chi connectivity index (χ2v) is 10.6. The Kier molecular flexibility index (Phi) is 9.76. The van der Waals surface area contributed by atoms with E-state index in [0.717, 1.165) is 5.56 Å². The van der Waals surface area contributed by atoms with Gasteiger partial charge in [-0.3, -0.25) is 0 Å². The Morgan fingerprint density at radius 2 is 1.67 bits per heavy atom. The molecule has 3 N–H and O–H groups in total. The molecule has 0 radical (unpaired) electrons.